The van der Waals surface area contributed by atoms with Gasteiger partial charge in [0, 0.05) is 6.54 Å². The lowest BCUT2D eigenvalue weighted by molar-refractivity contribution is -0.142. The van der Waals surface area contributed by atoms with E-state index in [0.29, 0.717) is 32.1 Å². The lowest BCUT2D eigenvalue weighted by Crippen LogP contribution is -2.31. The predicted octanol–water partition coefficient (Wildman–Crippen LogP) is 2.50. The average molecular weight is 339 g/mol. The Bertz CT molecular complexity index is 698. The minimum atomic E-state index is -3.73. The molecule has 0 saturated carbocycles. The van der Waals surface area contributed by atoms with Crippen LogP contribution in [0, 0.1) is 5.92 Å². The molecule has 1 aliphatic rings. The number of carboxylic acid groups (broad SMARTS) is 1. The molecule has 1 aromatic carbocycles. The normalized spacial score (nSPS) is 17.1. The highest BCUT2D eigenvalue weighted by Gasteiger charge is 2.40. The molecular formula is C16H21NO5S. The van der Waals surface area contributed by atoms with Gasteiger partial charge in [0.15, 0.2) is 0 Å². The molecule has 1 amide bonds. The van der Waals surface area contributed by atoms with Gasteiger partial charge in [0.05, 0.1) is 11.5 Å². The summed E-state index contributed by atoms with van der Waals surface area (Å²) in [5.41, 5.74) is 0.226. The summed E-state index contributed by atoms with van der Waals surface area (Å²) in [5, 5.41) is 8.97. The molecule has 2 rings (SSSR count). The molecule has 126 valence electrons. The van der Waals surface area contributed by atoms with E-state index in [2.05, 4.69) is 0 Å². The maximum atomic E-state index is 12.3. The Kier molecular flexibility index (Phi) is 5.41. The second-order valence-electron chi connectivity index (χ2n) is 5.67. The number of aliphatic carboxylic acids is 1. The molecule has 7 heteroatoms. The molecule has 1 unspecified atom stereocenters. The summed E-state index contributed by atoms with van der Waals surface area (Å²) in [6.07, 6.45) is 3.10. The van der Waals surface area contributed by atoms with E-state index in [1.807, 2.05) is 6.92 Å². The first-order valence-corrected chi connectivity index (χ1v) is 9.22. The number of carboxylic acids is 1. The number of sulfonamides is 1. The molecule has 0 radical (unpaired) electrons. The quantitative estimate of drug-likeness (QED) is 0.735. The van der Waals surface area contributed by atoms with E-state index in [1.54, 1.807) is 12.1 Å². The van der Waals surface area contributed by atoms with Crippen LogP contribution in [0.5, 0.6) is 0 Å². The van der Waals surface area contributed by atoms with E-state index in [0.717, 1.165) is 4.31 Å². The van der Waals surface area contributed by atoms with E-state index < -0.39 is 21.9 Å². The highest BCUT2D eigenvalue weighted by molar-refractivity contribution is 7.90. The van der Waals surface area contributed by atoms with Crippen molar-refractivity contribution in [1.82, 2.24) is 4.31 Å². The van der Waals surface area contributed by atoms with E-state index in [1.165, 1.54) is 12.1 Å². The monoisotopic (exact) mass is 339 g/mol. The van der Waals surface area contributed by atoms with Gasteiger partial charge in [-0.3, -0.25) is 9.59 Å². The standard InChI is InChI=1S/C16H21NO5S/c1-2-12(16(19)20)8-4-3-7-11-17-15(18)13-9-5-6-10-14(13)23(17,21)22/h5-6,9-10,12H,2-4,7-8,11H2,1H3,(H,19,20). The second kappa shape index (κ2) is 7.12. The number of carbonyl (C=O) groups excluding carboxylic acids is 1. The van der Waals surface area contributed by atoms with Crippen LogP contribution in [0.3, 0.4) is 0 Å². The van der Waals surface area contributed by atoms with Crippen molar-refractivity contribution >= 4 is 21.9 Å². The highest BCUT2D eigenvalue weighted by Crippen LogP contribution is 2.30. The lowest BCUT2D eigenvalue weighted by atomic mass is 9.99. The van der Waals surface area contributed by atoms with Gasteiger partial charge in [-0.25, -0.2) is 12.7 Å². The van der Waals surface area contributed by atoms with Crippen molar-refractivity contribution in [2.45, 2.75) is 43.9 Å². The van der Waals surface area contributed by atoms with E-state index in [9.17, 15) is 18.0 Å². The summed E-state index contributed by atoms with van der Waals surface area (Å²) in [6.45, 7) is 1.98. The minimum Gasteiger partial charge on any atom is -0.481 e. The van der Waals surface area contributed by atoms with Crippen LogP contribution in [0.2, 0.25) is 0 Å². The molecule has 0 saturated heterocycles. The molecule has 1 heterocycles. The fourth-order valence-electron chi connectivity index (χ4n) is 2.78. The van der Waals surface area contributed by atoms with E-state index >= 15 is 0 Å². The van der Waals surface area contributed by atoms with Gasteiger partial charge in [-0.1, -0.05) is 31.9 Å². The van der Waals surface area contributed by atoms with Crippen molar-refractivity contribution in [3.63, 3.8) is 0 Å². The maximum absolute atomic E-state index is 12.3. The molecule has 0 fully saturated rings. The Balaban J connectivity index is 1.88. The zero-order valence-corrected chi connectivity index (χ0v) is 13.9. The van der Waals surface area contributed by atoms with E-state index in [4.69, 9.17) is 5.11 Å². The first-order chi connectivity index (χ1) is 10.9. The lowest BCUT2D eigenvalue weighted by Gasteiger charge is -2.15. The molecule has 0 aromatic heterocycles. The van der Waals surface area contributed by atoms with Gasteiger partial charge in [0.1, 0.15) is 4.90 Å². The average Bonchev–Trinajstić information content (AvgIpc) is 2.71. The highest BCUT2D eigenvalue weighted by atomic mass is 32.2. The Morgan fingerprint density at radius 3 is 2.52 bits per heavy atom. The van der Waals surface area contributed by atoms with Gasteiger partial charge < -0.3 is 5.11 Å². The third kappa shape index (κ3) is 3.55. The SMILES string of the molecule is CCC(CCCCCN1C(=O)c2ccccc2S1(=O)=O)C(=O)O. The van der Waals surface area contributed by atoms with Crippen molar-refractivity contribution < 1.29 is 23.1 Å². The molecule has 1 atom stereocenters. The number of amides is 1. The number of benzene rings is 1. The molecule has 1 aliphatic heterocycles. The largest absolute Gasteiger partial charge is 0.481 e. The summed E-state index contributed by atoms with van der Waals surface area (Å²) in [4.78, 5) is 23.2. The summed E-state index contributed by atoms with van der Waals surface area (Å²) in [7, 11) is -3.73. The maximum Gasteiger partial charge on any atom is 0.306 e. The molecule has 1 aromatic rings. The molecular weight excluding hydrogens is 318 g/mol. The van der Waals surface area contributed by atoms with Crippen LogP contribution in [-0.4, -0.2) is 36.3 Å². The predicted molar refractivity (Wildman–Crippen MR) is 84.5 cm³/mol. The third-order valence-corrected chi connectivity index (χ3v) is 6.01. The number of carbonyl (C=O) groups is 2. The van der Waals surface area contributed by atoms with Gasteiger partial charge in [0.25, 0.3) is 15.9 Å². The minimum absolute atomic E-state index is 0.0712. The zero-order chi connectivity index (χ0) is 17.0. The van der Waals surface area contributed by atoms with Crippen LogP contribution in [0.1, 0.15) is 49.4 Å². The van der Waals surface area contributed by atoms with Gasteiger partial charge >= 0.3 is 5.97 Å². The van der Waals surface area contributed by atoms with Gasteiger partial charge in [-0.2, -0.15) is 0 Å². The summed E-state index contributed by atoms with van der Waals surface area (Å²) >= 11 is 0. The molecule has 1 N–H and O–H groups in total. The summed E-state index contributed by atoms with van der Waals surface area (Å²) in [5.74, 6) is -1.62. The molecule has 0 bridgehead atoms. The number of unbranched alkanes of at least 4 members (excludes halogenated alkanes) is 2. The zero-order valence-electron chi connectivity index (χ0n) is 13.1. The number of rotatable bonds is 8. The van der Waals surface area contributed by atoms with Crippen molar-refractivity contribution in [2.75, 3.05) is 6.54 Å². The van der Waals surface area contributed by atoms with Crippen molar-refractivity contribution in [1.29, 1.82) is 0 Å². The Morgan fingerprint density at radius 1 is 1.22 bits per heavy atom. The number of hydrogen-bond acceptors (Lipinski definition) is 4. The van der Waals surface area contributed by atoms with Crippen LogP contribution < -0.4 is 0 Å². The molecule has 0 spiro atoms. The third-order valence-electron chi connectivity index (χ3n) is 4.17. The van der Waals surface area contributed by atoms with Gasteiger partial charge in [0.2, 0.25) is 0 Å². The van der Waals surface area contributed by atoms with Gasteiger partial charge in [-0.15, -0.1) is 0 Å². The van der Waals surface area contributed by atoms with Crippen LogP contribution in [0.4, 0.5) is 0 Å². The number of nitrogens with zero attached hydrogens (tertiary/aromatic N) is 1. The van der Waals surface area contributed by atoms with Crippen LogP contribution in [0.25, 0.3) is 0 Å². The number of fused-ring (bicyclic) bond motifs is 1. The van der Waals surface area contributed by atoms with Crippen molar-refractivity contribution in [2.24, 2.45) is 5.92 Å². The second-order valence-corrected chi connectivity index (χ2v) is 7.50. The fourth-order valence-corrected chi connectivity index (χ4v) is 4.38. The Hall–Kier alpha value is -1.89. The summed E-state index contributed by atoms with van der Waals surface area (Å²) in [6, 6.07) is 6.21. The van der Waals surface area contributed by atoms with Crippen LogP contribution in [0.15, 0.2) is 29.2 Å². The molecule has 0 aliphatic carbocycles. The Labute approximate surface area is 136 Å². The fraction of sp³-hybridized carbons (Fsp3) is 0.500. The van der Waals surface area contributed by atoms with Crippen LogP contribution >= 0.6 is 0 Å². The summed E-state index contributed by atoms with van der Waals surface area (Å²) < 4.78 is 25.6. The van der Waals surface area contributed by atoms with Crippen molar-refractivity contribution in [3.8, 4) is 0 Å². The molecule has 23 heavy (non-hydrogen) atoms. The van der Waals surface area contributed by atoms with Gasteiger partial charge in [-0.05, 0) is 31.4 Å². The number of hydrogen-bond donors (Lipinski definition) is 1. The first-order valence-electron chi connectivity index (χ1n) is 7.78. The molecule has 6 nitrogen and oxygen atoms in total. The topological polar surface area (TPSA) is 91.8 Å². The Morgan fingerprint density at radius 2 is 1.91 bits per heavy atom. The smallest absolute Gasteiger partial charge is 0.306 e. The van der Waals surface area contributed by atoms with Crippen molar-refractivity contribution in [3.05, 3.63) is 29.8 Å². The van der Waals surface area contributed by atoms with Crippen LogP contribution in [-0.2, 0) is 14.8 Å². The first kappa shape index (κ1) is 17.5. The van der Waals surface area contributed by atoms with E-state index in [-0.39, 0.29) is 22.9 Å².